The number of fused-ring (bicyclic) bond motifs is 1. The molecule has 1 saturated heterocycles. The van der Waals surface area contributed by atoms with Crippen LogP contribution in [0, 0.1) is 20.8 Å². The molecular formula is C24H28N2O2S2. The number of thioether (sulfide) groups is 1. The summed E-state index contributed by atoms with van der Waals surface area (Å²) in [5.41, 5.74) is 4.63. The Labute approximate surface area is 186 Å². The van der Waals surface area contributed by atoms with Gasteiger partial charge in [-0.1, -0.05) is 35.1 Å². The number of benzene rings is 2. The van der Waals surface area contributed by atoms with Crippen LogP contribution < -0.4 is 4.90 Å². The maximum Gasteiger partial charge on any atom is 0.229 e. The molecule has 0 spiro atoms. The smallest absolute Gasteiger partial charge is 0.229 e. The van der Waals surface area contributed by atoms with Crippen molar-refractivity contribution in [2.24, 2.45) is 0 Å². The third-order valence-corrected chi connectivity index (χ3v) is 7.41. The molecule has 1 atom stereocenters. The van der Waals surface area contributed by atoms with E-state index in [9.17, 15) is 4.79 Å². The first kappa shape index (κ1) is 21.3. The van der Waals surface area contributed by atoms with Gasteiger partial charge in [0.2, 0.25) is 5.91 Å². The first-order chi connectivity index (χ1) is 14.5. The molecule has 1 aromatic heterocycles. The highest BCUT2D eigenvalue weighted by atomic mass is 32.2. The topological polar surface area (TPSA) is 42.4 Å². The van der Waals surface area contributed by atoms with E-state index < -0.39 is 0 Å². The predicted octanol–water partition coefficient (Wildman–Crippen LogP) is 5.92. The predicted molar refractivity (Wildman–Crippen MR) is 127 cm³/mol. The molecule has 0 aliphatic carbocycles. The van der Waals surface area contributed by atoms with Crippen molar-refractivity contribution in [2.75, 3.05) is 23.8 Å². The van der Waals surface area contributed by atoms with Crippen LogP contribution in [0.5, 0.6) is 0 Å². The number of amides is 1. The summed E-state index contributed by atoms with van der Waals surface area (Å²) in [5.74, 6) is 0.881. The summed E-state index contributed by atoms with van der Waals surface area (Å²) in [5, 5.41) is 0.791. The Hall–Kier alpha value is -1.89. The average molecular weight is 441 g/mol. The van der Waals surface area contributed by atoms with Gasteiger partial charge in [0.15, 0.2) is 5.13 Å². The molecule has 0 N–H and O–H groups in total. The molecule has 1 aliphatic heterocycles. The van der Waals surface area contributed by atoms with Gasteiger partial charge in [-0.3, -0.25) is 9.69 Å². The molecule has 6 heteroatoms. The molecule has 2 heterocycles. The molecule has 0 saturated carbocycles. The van der Waals surface area contributed by atoms with Crippen LogP contribution in [0.2, 0.25) is 0 Å². The lowest BCUT2D eigenvalue weighted by Gasteiger charge is -2.23. The van der Waals surface area contributed by atoms with Crippen LogP contribution in [0.15, 0.2) is 41.3 Å². The highest BCUT2D eigenvalue weighted by Gasteiger charge is 2.26. The summed E-state index contributed by atoms with van der Waals surface area (Å²) in [6.07, 6.45) is 2.66. The maximum atomic E-state index is 13.2. The number of hydrogen-bond acceptors (Lipinski definition) is 5. The van der Waals surface area contributed by atoms with E-state index in [1.54, 1.807) is 23.1 Å². The maximum absolute atomic E-state index is 13.2. The minimum absolute atomic E-state index is 0.105. The second-order valence-electron chi connectivity index (χ2n) is 7.98. The molecule has 4 rings (SSSR count). The van der Waals surface area contributed by atoms with Gasteiger partial charge in [-0.25, -0.2) is 4.98 Å². The largest absolute Gasteiger partial charge is 0.376 e. The van der Waals surface area contributed by atoms with Crippen molar-refractivity contribution in [1.29, 1.82) is 0 Å². The van der Waals surface area contributed by atoms with Gasteiger partial charge in [-0.15, -0.1) is 11.8 Å². The van der Waals surface area contributed by atoms with Gasteiger partial charge in [-0.2, -0.15) is 0 Å². The van der Waals surface area contributed by atoms with Gasteiger partial charge in [0, 0.05) is 23.7 Å². The third kappa shape index (κ3) is 5.05. The van der Waals surface area contributed by atoms with Crippen molar-refractivity contribution >= 4 is 44.4 Å². The number of aryl methyl sites for hydroxylation is 3. The molecule has 1 fully saturated rings. The first-order valence-corrected chi connectivity index (χ1v) is 12.3. The fourth-order valence-corrected chi connectivity index (χ4v) is 5.79. The quantitative estimate of drug-likeness (QED) is 0.428. The van der Waals surface area contributed by atoms with Gasteiger partial charge in [-0.05, 0) is 62.9 Å². The summed E-state index contributed by atoms with van der Waals surface area (Å²) >= 11 is 3.33. The number of nitrogens with zero attached hydrogens (tertiary/aromatic N) is 2. The number of thiazole rings is 1. The van der Waals surface area contributed by atoms with Crippen LogP contribution in [0.3, 0.4) is 0 Å². The summed E-state index contributed by atoms with van der Waals surface area (Å²) in [7, 11) is 0. The van der Waals surface area contributed by atoms with Gasteiger partial charge < -0.3 is 4.74 Å². The minimum Gasteiger partial charge on any atom is -0.376 e. The Morgan fingerprint density at radius 3 is 2.73 bits per heavy atom. The summed E-state index contributed by atoms with van der Waals surface area (Å²) in [4.78, 5) is 21.1. The fourth-order valence-electron chi connectivity index (χ4n) is 3.78. The van der Waals surface area contributed by atoms with Crippen molar-refractivity contribution in [1.82, 2.24) is 4.98 Å². The zero-order valence-corrected chi connectivity index (χ0v) is 19.4. The Balaban J connectivity index is 1.50. The summed E-state index contributed by atoms with van der Waals surface area (Å²) in [6, 6.07) is 12.8. The van der Waals surface area contributed by atoms with Crippen molar-refractivity contribution in [3.05, 3.63) is 53.1 Å². The van der Waals surface area contributed by atoms with Crippen molar-refractivity contribution in [3.8, 4) is 0 Å². The molecule has 3 aromatic rings. The van der Waals surface area contributed by atoms with Crippen molar-refractivity contribution in [2.45, 2.75) is 51.0 Å². The molecule has 1 aliphatic rings. The van der Waals surface area contributed by atoms with Crippen LogP contribution >= 0.6 is 23.1 Å². The lowest BCUT2D eigenvalue weighted by Crippen LogP contribution is -2.37. The molecule has 0 bridgehead atoms. The van der Waals surface area contributed by atoms with Gasteiger partial charge >= 0.3 is 0 Å². The summed E-state index contributed by atoms with van der Waals surface area (Å²) < 4.78 is 6.98. The third-order valence-electron chi connectivity index (χ3n) is 5.37. The lowest BCUT2D eigenvalue weighted by molar-refractivity contribution is -0.118. The van der Waals surface area contributed by atoms with Gasteiger partial charge in [0.25, 0.3) is 0 Å². The molecule has 1 amide bonds. The number of rotatable bonds is 7. The monoisotopic (exact) mass is 440 g/mol. The Morgan fingerprint density at radius 2 is 2.00 bits per heavy atom. The van der Waals surface area contributed by atoms with E-state index >= 15 is 0 Å². The van der Waals surface area contributed by atoms with Crippen LogP contribution in [0.4, 0.5) is 5.13 Å². The van der Waals surface area contributed by atoms with Crippen LogP contribution in [-0.2, 0) is 9.53 Å². The first-order valence-electron chi connectivity index (χ1n) is 10.5. The van der Waals surface area contributed by atoms with Crippen LogP contribution in [0.25, 0.3) is 10.2 Å². The highest BCUT2D eigenvalue weighted by Crippen LogP contribution is 2.33. The number of ether oxygens (including phenoxy) is 1. The Morgan fingerprint density at radius 1 is 1.20 bits per heavy atom. The van der Waals surface area contributed by atoms with E-state index in [1.807, 2.05) is 4.90 Å². The van der Waals surface area contributed by atoms with E-state index in [4.69, 9.17) is 9.72 Å². The standard InChI is InChI=1S/C24H28N2O2S2/c1-16-6-8-20(9-7-16)29-12-10-22(27)26(15-19-5-4-11-28-19)24-25-23-18(3)13-17(2)14-21(23)30-24/h6-9,13-14,19H,4-5,10-12,15H2,1-3H3. The number of carbonyl (C=O) groups excluding carboxylic acids is 1. The number of anilines is 1. The van der Waals surface area contributed by atoms with Crippen LogP contribution in [0.1, 0.15) is 36.0 Å². The number of hydrogen-bond donors (Lipinski definition) is 0. The SMILES string of the molecule is Cc1ccc(SCCC(=O)N(CC2CCCO2)c2nc3c(C)cc(C)cc3s2)cc1. The van der Waals surface area contributed by atoms with E-state index in [0.29, 0.717) is 13.0 Å². The summed E-state index contributed by atoms with van der Waals surface area (Å²) in [6.45, 7) is 7.65. The average Bonchev–Trinajstić information content (AvgIpc) is 3.37. The zero-order valence-electron chi connectivity index (χ0n) is 17.8. The number of aromatic nitrogens is 1. The second kappa shape index (κ2) is 9.50. The van der Waals surface area contributed by atoms with Gasteiger partial charge in [0.1, 0.15) is 0 Å². The Bertz CT molecular complexity index is 1020. The molecule has 1 unspecified atom stereocenters. The second-order valence-corrected chi connectivity index (χ2v) is 10.2. The number of carbonyl (C=O) groups is 1. The fraction of sp³-hybridized carbons (Fsp3) is 0.417. The van der Waals surface area contributed by atoms with Crippen molar-refractivity contribution in [3.63, 3.8) is 0 Å². The minimum atomic E-state index is 0.105. The normalized spacial score (nSPS) is 16.3. The zero-order chi connectivity index (χ0) is 21.1. The van der Waals surface area contributed by atoms with Crippen molar-refractivity contribution < 1.29 is 9.53 Å². The lowest BCUT2D eigenvalue weighted by atomic mass is 10.1. The molecule has 158 valence electrons. The molecule has 2 aromatic carbocycles. The van der Waals surface area contributed by atoms with E-state index in [2.05, 4.69) is 57.2 Å². The van der Waals surface area contributed by atoms with Gasteiger partial charge in [0.05, 0.1) is 22.9 Å². The molecule has 30 heavy (non-hydrogen) atoms. The molecule has 4 nitrogen and oxygen atoms in total. The molecular weight excluding hydrogens is 412 g/mol. The highest BCUT2D eigenvalue weighted by molar-refractivity contribution is 7.99. The van der Waals surface area contributed by atoms with E-state index in [1.165, 1.54) is 16.0 Å². The van der Waals surface area contributed by atoms with Crippen LogP contribution in [-0.4, -0.2) is 35.9 Å². The van der Waals surface area contributed by atoms with E-state index in [0.717, 1.165) is 46.1 Å². The molecule has 0 radical (unpaired) electrons. The Kier molecular flexibility index (Phi) is 6.76. The van der Waals surface area contributed by atoms with E-state index in [-0.39, 0.29) is 12.0 Å².